The summed E-state index contributed by atoms with van der Waals surface area (Å²) >= 11 is 1.79. The highest BCUT2D eigenvalue weighted by Gasteiger charge is 2.18. The number of aromatic nitrogens is 1. The summed E-state index contributed by atoms with van der Waals surface area (Å²) in [6, 6.07) is 10.4. The highest BCUT2D eigenvalue weighted by Crippen LogP contribution is 2.31. The number of rotatable bonds is 4. The van der Waals surface area contributed by atoms with E-state index >= 15 is 0 Å². The normalized spacial score (nSPS) is 10.2. The van der Waals surface area contributed by atoms with Crippen LogP contribution in [0.1, 0.15) is 24.2 Å². The topological polar surface area (TPSA) is 103 Å². The van der Waals surface area contributed by atoms with Gasteiger partial charge in [0.15, 0.2) is 5.13 Å². The number of carbonyl (C=O) groups excluding carboxylic acids is 1. The Morgan fingerprint density at radius 2 is 1.96 bits per heavy atom. The van der Waals surface area contributed by atoms with Gasteiger partial charge < -0.3 is 5.11 Å². The molecule has 2 aromatic heterocycles. The van der Waals surface area contributed by atoms with Crippen molar-refractivity contribution in [1.29, 1.82) is 5.26 Å². The van der Waals surface area contributed by atoms with Gasteiger partial charge in [0, 0.05) is 5.56 Å². The minimum Gasteiger partial charge on any atom is -0.477 e. The van der Waals surface area contributed by atoms with Crippen molar-refractivity contribution in [1.82, 2.24) is 4.98 Å². The molecule has 0 bridgehead atoms. The Kier molecular flexibility index (Phi) is 4.56. The number of thiazole rings is 1. The smallest absolute Gasteiger partial charge is 0.345 e. The van der Waals surface area contributed by atoms with Crippen molar-refractivity contribution in [3.63, 3.8) is 0 Å². The molecule has 1 aromatic carbocycles. The van der Waals surface area contributed by atoms with Crippen LogP contribution in [-0.4, -0.2) is 22.0 Å². The number of nitriles is 1. The molecule has 2 N–H and O–H groups in total. The molecule has 6 nitrogen and oxygen atoms in total. The first-order valence-corrected chi connectivity index (χ1v) is 8.42. The van der Waals surface area contributed by atoms with Gasteiger partial charge in [-0.05, 0) is 24.3 Å². The molecule has 0 aliphatic heterocycles. The van der Waals surface area contributed by atoms with Crippen LogP contribution in [0.5, 0.6) is 0 Å². The average molecular weight is 373 g/mol. The molecule has 0 saturated heterocycles. The fourth-order valence-corrected chi connectivity index (χ4v) is 3.53. The van der Waals surface area contributed by atoms with Crippen molar-refractivity contribution in [2.45, 2.75) is 0 Å². The largest absolute Gasteiger partial charge is 0.477 e. The van der Waals surface area contributed by atoms with Gasteiger partial charge in [-0.25, -0.2) is 14.2 Å². The predicted octanol–water partition coefficient (Wildman–Crippen LogP) is 3.83. The number of carboxylic acids is 1. The molecule has 1 amide bonds. The molecule has 0 unspecified atom stereocenters. The third kappa shape index (κ3) is 3.55. The minimum absolute atomic E-state index is 0.0439. The number of hydrogen-bond donors (Lipinski definition) is 2. The number of benzene rings is 1. The molecular weight excluding hydrogens is 365 g/mol. The van der Waals surface area contributed by atoms with Crippen molar-refractivity contribution in [3.05, 3.63) is 56.8 Å². The molecule has 2 heterocycles. The Bertz CT molecular complexity index is 1020. The number of carbonyl (C=O) groups is 2. The SMILES string of the molecule is N#Cc1sc(NC(=O)c2ccc(C(=O)O)s2)nc1-c1cccc(F)c1. The minimum atomic E-state index is -1.11. The van der Waals surface area contributed by atoms with E-state index in [9.17, 15) is 19.2 Å². The van der Waals surface area contributed by atoms with Crippen molar-refractivity contribution in [2.24, 2.45) is 0 Å². The van der Waals surface area contributed by atoms with E-state index < -0.39 is 17.7 Å². The van der Waals surface area contributed by atoms with Crippen molar-refractivity contribution < 1.29 is 19.1 Å². The van der Waals surface area contributed by atoms with Crippen LogP contribution in [0.4, 0.5) is 9.52 Å². The fourth-order valence-electron chi connectivity index (χ4n) is 2.01. The standard InChI is InChI=1S/C16H8FN3O3S2/c17-9-3-1-2-8(6-9)13-12(7-18)25-16(19-13)20-14(21)10-4-5-11(24-10)15(22)23/h1-6H,(H,22,23)(H,19,20,21). The summed E-state index contributed by atoms with van der Waals surface area (Å²) in [6.45, 7) is 0. The summed E-state index contributed by atoms with van der Waals surface area (Å²) in [5.74, 6) is -2.10. The molecule has 0 aliphatic carbocycles. The number of anilines is 1. The molecule has 25 heavy (non-hydrogen) atoms. The number of thiophene rings is 1. The lowest BCUT2D eigenvalue weighted by molar-refractivity contribution is 0.0702. The van der Waals surface area contributed by atoms with Crippen LogP contribution < -0.4 is 5.32 Å². The first-order chi connectivity index (χ1) is 12.0. The van der Waals surface area contributed by atoms with Gasteiger partial charge in [-0.1, -0.05) is 23.5 Å². The number of hydrogen-bond acceptors (Lipinski definition) is 6. The van der Waals surface area contributed by atoms with Crippen molar-refractivity contribution in [2.75, 3.05) is 5.32 Å². The van der Waals surface area contributed by atoms with Gasteiger partial charge in [-0.3, -0.25) is 10.1 Å². The Labute approximate surface area is 148 Å². The number of aromatic carboxylic acids is 1. The quantitative estimate of drug-likeness (QED) is 0.723. The lowest BCUT2D eigenvalue weighted by Crippen LogP contribution is -2.09. The zero-order chi connectivity index (χ0) is 18.0. The first kappa shape index (κ1) is 16.8. The van der Waals surface area contributed by atoms with Crippen LogP contribution in [0.15, 0.2) is 36.4 Å². The number of amides is 1. The lowest BCUT2D eigenvalue weighted by Gasteiger charge is -1.99. The van der Waals surface area contributed by atoms with Gasteiger partial charge in [0.1, 0.15) is 27.3 Å². The average Bonchev–Trinajstić information content (AvgIpc) is 3.21. The Hall–Kier alpha value is -3.09. The maximum Gasteiger partial charge on any atom is 0.345 e. The summed E-state index contributed by atoms with van der Waals surface area (Å²) < 4.78 is 13.4. The van der Waals surface area contributed by atoms with Crippen LogP contribution in [0.25, 0.3) is 11.3 Å². The summed E-state index contributed by atoms with van der Waals surface area (Å²) in [6.07, 6.45) is 0. The molecular formula is C16H8FN3O3S2. The molecule has 3 aromatic rings. The van der Waals surface area contributed by atoms with E-state index in [4.69, 9.17) is 5.11 Å². The lowest BCUT2D eigenvalue weighted by atomic mass is 10.1. The van der Waals surface area contributed by atoms with Crippen LogP contribution in [0.2, 0.25) is 0 Å². The van der Waals surface area contributed by atoms with E-state index in [0.29, 0.717) is 5.56 Å². The van der Waals surface area contributed by atoms with Gasteiger partial charge in [-0.2, -0.15) is 5.26 Å². The van der Waals surface area contributed by atoms with Crippen LogP contribution >= 0.6 is 22.7 Å². The van der Waals surface area contributed by atoms with E-state index in [1.54, 1.807) is 6.07 Å². The highest BCUT2D eigenvalue weighted by molar-refractivity contribution is 7.17. The molecule has 0 fully saturated rings. The summed E-state index contributed by atoms with van der Waals surface area (Å²) in [5.41, 5.74) is 0.706. The summed E-state index contributed by atoms with van der Waals surface area (Å²) in [4.78, 5) is 27.7. The highest BCUT2D eigenvalue weighted by atomic mass is 32.1. The third-order valence-electron chi connectivity index (χ3n) is 3.09. The molecule has 124 valence electrons. The van der Waals surface area contributed by atoms with Crippen molar-refractivity contribution >= 4 is 39.7 Å². The molecule has 0 aliphatic rings. The monoisotopic (exact) mass is 373 g/mol. The summed E-state index contributed by atoms with van der Waals surface area (Å²) in [7, 11) is 0. The summed E-state index contributed by atoms with van der Waals surface area (Å²) in [5, 5.41) is 20.8. The first-order valence-electron chi connectivity index (χ1n) is 6.79. The van der Waals surface area contributed by atoms with Crippen molar-refractivity contribution in [3.8, 4) is 17.3 Å². The number of carboxylic acid groups (broad SMARTS) is 1. The fraction of sp³-hybridized carbons (Fsp3) is 0. The number of halogens is 1. The van der Waals surface area contributed by atoms with E-state index in [0.717, 1.165) is 22.7 Å². The molecule has 0 saturated carbocycles. The van der Waals surface area contributed by atoms with Gasteiger partial charge in [-0.15, -0.1) is 11.3 Å². The third-order valence-corrected chi connectivity index (χ3v) is 5.04. The van der Waals surface area contributed by atoms with Gasteiger partial charge in [0.2, 0.25) is 0 Å². The van der Waals surface area contributed by atoms with E-state index in [1.807, 2.05) is 6.07 Å². The van der Waals surface area contributed by atoms with E-state index in [1.165, 1.54) is 30.3 Å². The maximum absolute atomic E-state index is 13.4. The molecule has 9 heteroatoms. The van der Waals surface area contributed by atoms with Crippen LogP contribution in [0, 0.1) is 17.1 Å². The zero-order valence-corrected chi connectivity index (χ0v) is 13.9. The number of nitrogens with zero attached hydrogens (tertiary/aromatic N) is 2. The second-order valence-corrected chi connectivity index (χ2v) is 6.82. The Morgan fingerprint density at radius 3 is 2.60 bits per heavy atom. The number of nitrogens with one attached hydrogen (secondary N) is 1. The Morgan fingerprint density at radius 1 is 1.20 bits per heavy atom. The van der Waals surface area contributed by atoms with Crippen LogP contribution in [0.3, 0.4) is 0 Å². The van der Waals surface area contributed by atoms with Crippen LogP contribution in [-0.2, 0) is 0 Å². The molecule has 0 radical (unpaired) electrons. The van der Waals surface area contributed by atoms with Gasteiger partial charge >= 0.3 is 5.97 Å². The second kappa shape index (κ2) is 6.80. The van der Waals surface area contributed by atoms with Gasteiger partial charge in [0.05, 0.1) is 4.88 Å². The molecule has 0 atom stereocenters. The Balaban J connectivity index is 1.87. The molecule has 3 rings (SSSR count). The predicted molar refractivity (Wildman–Crippen MR) is 91.5 cm³/mol. The van der Waals surface area contributed by atoms with E-state index in [-0.39, 0.29) is 25.5 Å². The molecule has 0 spiro atoms. The van der Waals surface area contributed by atoms with E-state index in [2.05, 4.69) is 10.3 Å². The van der Waals surface area contributed by atoms with Gasteiger partial charge in [0.25, 0.3) is 5.91 Å². The second-order valence-electron chi connectivity index (χ2n) is 4.74. The zero-order valence-electron chi connectivity index (χ0n) is 12.3. The maximum atomic E-state index is 13.4.